The van der Waals surface area contributed by atoms with E-state index >= 15 is 0 Å². The monoisotopic (exact) mass is 625 g/mol. The minimum Gasteiger partial charge on any atom is -0.464 e. The summed E-state index contributed by atoms with van der Waals surface area (Å²) in [6.45, 7) is 0. The van der Waals surface area contributed by atoms with Gasteiger partial charge in [0.15, 0.2) is 0 Å². The van der Waals surface area contributed by atoms with Crippen LogP contribution in [0, 0.1) is 0 Å². The van der Waals surface area contributed by atoms with E-state index in [1.807, 2.05) is 24.5 Å². The van der Waals surface area contributed by atoms with Gasteiger partial charge in [0.25, 0.3) is 0 Å². The highest BCUT2D eigenvalue weighted by molar-refractivity contribution is 6.24. The molecule has 0 amide bonds. The molecular weight excluding hydrogens is 599 g/mol. The van der Waals surface area contributed by atoms with Crippen molar-refractivity contribution in [3.05, 3.63) is 164 Å². The Balaban J connectivity index is 1.21. The minimum atomic E-state index is 0.852. The highest BCUT2D eigenvalue weighted by Crippen LogP contribution is 2.47. The molecule has 228 valence electrons. The third kappa shape index (κ3) is 3.73. The molecule has 0 radical (unpaired) electrons. The van der Waals surface area contributed by atoms with Crippen molar-refractivity contribution in [1.82, 2.24) is 4.57 Å². The normalized spacial score (nSPS) is 12.1. The van der Waals surface area contributed by atoms with Gasteiger partial charge in [-0.15, -0.1) is 0 Å². The van der Waals surface area contributed by atoms with E-state index < -0.39 is 0 Å². The number of furan rings is 2. The maximum Gasteiger partial charge on any atom is 0.136 e. The molecule has 8 aromatic carbocycles. The van der Waals surface area contributed by atoms with E-state index in [4.69, 9.17) is 8.83 Å². The summed E-state index contributed by atoms with van der Waals surface area (Å²) in [4.78, 5) is 0. The Morgan fingerprint density at radius 3 is 1.71 bits per heavy atom. The van der Waals surface area contributed by atoms with Crippen molar-refractivity contribution in [3.8, 4) is 27.9 Å². The zero-order chi connectivity index (χ0) is 32.1. The first-order valence-electron chi connectivity index (χ1n) is 16.7. The van der Waals surface area contributed by atoms with Crippen LogP contribution in [0.1, 0.15) is 0 Å². The summed E-state index contributed by atoms with van der Waals surface area (Å²) >= 11 is 0. The number of fused-ring (bicyclic) bond motifs is 9. The average molecular weight is 626 g/mol. The maximum atomic E-state index is 6.33. The molecule has 0 saturated heterocycles. The number of aromatic nitrogens is 1. The number of hydrogen-bond acceptors (Lipinski definition) is 2. The van der Waals surface area contributed by atoms with Gasteiger partial charge in [0.05, 0.1) is 17.3 Å². The van der Waals surface area contributed by atoms with Gasteiger partial charge in [-0.3, -0.25) is 0 Å². The SMILES string of the molecule is c1ccc(-n2c3ccccc3c3ccc(-c4c5ccccc5c(-c5coc6cc7c(cc56)oc5ccccc57)c5ccccc45)cc32)cc1. The molecule has 0 aliphatic carbocycles. The molecule has 3 heterocycles. The second kappa shape index (κ2) is 9.96. The maximum absolute atomic E-state index is 6.33. The lowest BCUT2D eigenvalue weighted by molar-refractivity contribution is 0.617. The van der Waals surface area contributed by atoms with Gasteiger partial charge in [0.1, 0.15) is 16.7 Å². The van der Waals surface area contributed by atoms with Crippen molar-refractivity contribution < 1.29 is 8.83 Å². The molecule has 11 aromatic rings. The van der Waals surface area contributed by atoms with Gasteiger partial charge in [0, 0.05) is 43.7 Å². The molecule has 11 rings (SSSR count). The Bertz CT molecular complexity index is 3050. The molecule has 0 unspecified atom stereocenters. The van der Waals surface area contributed by atoms with E-state index in [-0.39, 0.29) is 0 Å². The fourth-order valence-electron chi connectivity index (χ4n) is 8.15. The molecule has 0 N–H and O–H groups in total. The largest absolute Gasteiger partial charge is 0.464 e. The Kier molecular flexibility index (Phi) is 5.38. The van der Waals surface area contributed by atoms with Gasteiger partial charge >= 0.3 is 0 Å². The summed E-state index contributed by atoms with van der Waals surface area (Å²) in [7, 11) is 0. The molecule has 3 heteroatoms. The minimum absolute atomic E-state index is 0.852. The Hall–Kier alpha value is -6.58. The van der Waals surface area contributed by atoms with Crippen LogP contribution in [0.15, 0.2) is 173 Å². The van der Waals surface area contributed by atoms with Crippen LogP contribution < -0.4 is 0 Å². The van der Waals surface area contributed by atoms with Gasteiger partial charge in [-0.2, -0.15) is 0 Å². The lowest BCUT2D eigenvalue weighted by Gasteiger charge is -2.17. The fraction of sp³-hybridized carbons (Fsp3) is 0. The van der Waals surface area contributed by atoms with E-state index in [9.17, 15) is 0 Å². The van der Waals surface area contributed by atoms with Crippen LogP contribution in [0.5, 0.6) is 0 Å². The van der Waals surface area contributed by atoms with E-state index in [1.165, 1.54) is 60.0 Å². The highest BCUT2D eigenvalue weighted by atomic mass is 16.3. The first-order valence-corrected chi connectivity index (χ1v) is 16.7. The summed E-state index contributed by atoms with van der Waals surface area (Å²) in [6, 6.07) is 56.4. The first-order chi connectivity index (χ1) is 24.3. The van der Waals surface area contributed by atoms with Crippen LogP contribution in [0.3, 0.4) is 0 Å². The van der Waals surface area contributed by atoms with Crippen LogP contribution >= 0.6 is 0 Å². The molecule has 0 bridgehead atoms. The molecule has 0 saturated carbocycles. The van der Waals surface area contributed by atoms with E-state index in [2.05, 4.69) is 144 Å². The summed E-state index contributed by atoms with van der Waals surface area (Å²) in [5.41, 5.74) is 10.8. The van der Waals surface area contributed by atoms with Crippen molar-refractivity contribution in [3.63, 3.8) is 0 Å². The highest BCUT2D eigenvalue weighted by Gasteiger charge is 2.22. The van der Waals surface area contributed by atoms with Crippen molar-refractivity contribution in [2.75, 3.05) is 0 Å². The number of para-hydroxylation sites is 3. The van der Waals surface area contributed by atoms with Crippen LogP contribution in [0.25, 0.3) is 104 Å². The van der Waals surface area contributed by atoms with Gasteiger partial charge in [0.2, 0.25) is 0 Å². The summed E-state index contributed by atoms with van der Waals surface area (Å²) in [5, 5.41) is 10.5. The molecule has 0 fully saturated rings. The Morgan fingerprint density at radius 2 is 0.959 bits per heavy atom. The summed E-state index contributed by atoms with van der Waals surface area (Å²) < 4.78 is 15.1. The zero-order valence-corrected chi connectivity index (χ0v) is 26.4. The lowest BCUT2D eigenvalue weighted by Crippen LogP contribution is -1.94. The lowest BCUT2D eigenvalue weighted by atomic mass is 9.85. The topological polar surface area (TPSA) is 31.2 Å². The van der Waals surface area contributed by atoms with Crippen LogP contribution in [0.2, 0.25) is 0 Å². The number of rotatable bonds is 3. The summed E-state index contributed by atoms with van der Waals surface area (Å²) in [5.74, 6) is 0. The van der Waals surface area contributed by atoms with Crippen molar-refractivity contribution >= 4 is 76.3 Å². The predicted molar refractivity (Wildman–Crippen MR) is 204 cm³/mol. The first kappa shape index (κ1) is 26.5. The summed E-state index contributed by atoms with van der Waals surface area (Å²) in [6.07, 6.45) is 1.92. The van der Waals surface area contributed by atoms with E-state index in [0.29, 0.717) is 0 Å². The molecule has 49 heavy (non-hydrogen) atoms. The van der Waals surface area contributed by atoms with Gasteiger partial charge < -0.3 is 13.4 Å². The molecule has 0 aliphatic rings. The van der Waals surface area contributed by atoms with Crippen molar-refractivity contribution in [1.29, 1.82) is 0 Å². The second-order valence-corrected chi connectivity index (χ2v) is 12.9. The Labute approximate surface area is 280 Å². The van der Waals surface area contributed by atoms with Gasteiger partial charge in [-0.05, 0) is 75.1 Å². The third-order valence-electron chi connectivity index (χ3n) is 10.3. The number of benzene rings is 8. The third-order valence-corrected chi connectivity index (χ3v) is 10.3. The average Bonchev–Trinajstić information content (AvgIpc) is 3.84. The Morgan fingerprint density at radius 1 is 0.367 bits per heavy atom. The van der Waals surface area contributed by atoms with Crippen molar-refractivity contribution in [2.24, 2.45) is 0 Å². The van der Waals surface area contributed by atoms with Gasteiger partial charge in [-0.1, -0.05) is 115 Å². The molecule has 0 spiro atoms. The van der Waals surface area contributed by atoms with E-state index in [0.717, 1.165) is 44.2 Å². The molecule has 3 aromatic heterocycles. The van der Waals surface area contributed by atoms with Crippen LogP contribution in [-0.2, 0) is 0 Å². The second-order valence-electron chi connectivity index (χ2n) is 12.9. The van der Waals surface area contributed by atoms with Crippen LogP contribution in [0.4, 0.5) is 0 Å². The number of hydrogen-bond donors (Lipinski definition) is 0. The zero-order valence-electron chi connectivity index (χ0n) is 26.4. The molecular formula is C46H27NO2. The standard InChI is InChI=1S/C46H27NO2/c1-2-12-29(13-3-1)47-40-20-10-8-14-30(40)31-23-22-28(24-41(31)47)45-33-16-4-6-18-35(33)46(36-19-7-5-17-34(36)45)39-27-48-43-25-37-32-15-9-11-21-42(32)49-44(37)26-38(39)43/h1-27H. The van der Waals surface area contributed by atoms with Crippen LogP contribution in [-0.4, -0.2) is 4.57 Å². The smallest absolute Gasteiger partial charge is 0.136 e. The van der Waals surface area contributed by atoms with Gasteiger partial charge in [-0.25, -0.2) is 0 Å². The molecule has 0 aliphatic heterocycles. The fourth-order valence-corrected chi connectivity index (χ4v) is 8.15. The molecule has 0 atom stereocenters. The quantitative estimate of drug-likeness (QED) is 0.183. The predicted octanol–water partition coefficient (Wildman–Crippen LogP) is 13.1. The van der Waals surface area contributed by atoms with Crippen molar-refractivity contribution in [2.45, 2.75) is 0 Å². The number of nitrogens with zero attached hydrogens (tertiary/aromatic N) is 1. The molecule has 3 nitrogen and oxygen atoms in total. The van der Waals surface area contributed by atoms with E-state index in [1.54, 1.807) is 0 Å².